The van der Waals surface area contributed by atoms with Gasteiger partial charge in [-0.2, -0.15) is 0 Å². The average Bonchev–Trinajstić information content (AvgIpc) is 2.44. The molecule has 14 heavy (non-hydrogen) atoms. The van der Waals surface area contributed by atoms with E-state index in [4.69, 9.17) is 0 Å². The van der Waals surface area contributed by atoms with Crippen LogP contribution in [0.1, 0.15) is 6.42 Å². The van der Waals surface area contributed by atoms with E-state index < -0.39 is 17.5 Å². The van der Waals surface area contributed by atoms with Crippen LogP contribution in [0.5, 0.6) is 0 Å². The molecule has 4 nitrogen and oxygen atoms in total. The molecule has 0 bridgehead atoms. The summed E-state index contributed by atoms with van der Waals surface area (Å²) in [6, 6.07) is 0. The summed E-state index contributed by atoms with van der Waals surface area (Å²) in [5.74, 6) is -1.95. The van der Waals surface area contributed by atoms with Crippen molar-refractivity contribution in [3.63, 3.8) is 0 Å². The van der Waals surface area contributed by atoms with Crippen molar-refractivity contribution in [3.05, 3.63) is 12.7 Å². The highest BCUT2D eigenvalue weighted by Crippen LogP contribution is 2.27. The molecule has 1 aliphatic heterocycles. The van der Waals surface area contributed by atoms with Gasteiger partial charge in [0.05, 0.1) is 0 Å². The number of halogens is 1. The van der Waals surface area contributed by atoms with Gasteiger partial charge in [0.2, 0.25) is 7.98 Å². The summed E-state index contributed by atoms with van der Waals surface area (Å²) >= 11 is 0. The summed E-state index contributed by atoms with van der Waals surface area (Å²) in [5.41, 5.74) is -2.49. The molecule has 1 saturated heterocycles. The molecule has 1 heterocycles. The minimum Gasteiger partial charge on any atom is -0.459 e. The van der Waals surface area contributed by atoms with Gasteiger partial charge >= 0.3 is 5.97 Å². The second-order valence-electron chi connectivity index (χ2n) is 3.17. The monoisotopic (exact) mass is 199 g/mol. The largest absolute Gasteiger partial charge is 0.459 e. The van der Waals surface area contributed by atoms with E-state index in [-0.39, 0.29) is 19.6 Å². The number of ether oxygens (including phenoxy) is 1. The van der Waals surface area contributed by atoms with Crippen molar-refractivity contribution in [2.24, 2.45) is 0 Å². The minimum absolute atomic E-state index is 0.0818. The van der Waals surface area contributed by atoms with E-state index >= 15 is 0 Å². The fraction of sp³-hybridized carbons (Fsp3) is 0.500. The van der Waals surface area contributed by atoms with Crippen LogP contribution in [0.4, 0.5) is 4.39 Å². The highest BCUT2D eigenvalue weighted by Gasteiger charge is 2.53. The van der Waals surface area contributed by atoms with Crippen LogP contribution < -0.4 is 0 Å². The number of hydrogen-bond acceptors (Lipinski definition) is 3. The molecule has 1 rings (SSSR count). The Morgan fingerprint density at radius 2 is 2.50 bits per heavy atom. The SMILES string of the molecule is BN1CCC(F)(C(=O)OCC=C)C1=O. The van der Waals surface area contributed by atoms with Crippen LogP contribution in [0.15, 0.2) is 12.7 Å². The lowest BCUT2D eigenvalue weighted by molar-refractivity contribution is -0.161. The topological polar surface area (TPSA) is 46.6 Å². The Hall–Kier alpha value is -1.33. The summed E-state index contributed by atoms with van der Waals surface area (Å²) in [6.45, 7) is 3.47. The van der Waals surface area contributed by atoms with E-state index in [0.29, 0.717) is 0 Å². The molecule has 1 unspecified atom stereocenters. The van der Waals surface area contributed by atoms with Crippen LogP contribution in [0.25, 0.3) is 0 Å². The molecule has 0 radical (unpaired) electrons. The van der Waals surface area contributed by atoms with Crippen LogP contribution >= 0.6 is 0 Å². The Labute approximate surface area is 82.1 Å². The van der Waals surface area contributed by atoms with Crippen molar-refractivity contribution in [3.8, 4) is 0 Å². The van der Waals surface area contributed by atoms with Crippen LogP contribution in [0.2, 0.25) is 0 Å². The van der Waals surface area contributed by atoms with Crippen molar-refractivity contribution >= 4 is 19.9 Å². The van der Waals surface area contributed by atoms with Crippen LogP contribution in [0.3, 0.4) is 0 Å². The van der Waals surface area contributed by atoms with Gasteiger partial charge in [0.25, 0.3) is 11.6 Å². The van der Waals surface area contributed by atoms with Gasteiger partial charge in [0.15, 0.2) is 0 Å². The first-order valence-corrected chi connectivity index (χ1v) is 4.25. The number of esters is 1. The number of nitrogens with zero attached hydrogens (tertiary/aromatic N) is 1. The Bertz CT molecular complexity index is 284. The van der Waals surface area contributed by atoms with Gasteiger partial charge < -0.3 is 9.55 Å². The van der Waals surface area contributed by atoms with Gasteiger partial charge in [-0.25, -0.2) is 9.18 Å². The number of alkyl halides is 1. The first-order valence-electron chi connectivity index (χ1n) is 4.25. The van der Waals surface area contributed by atoms with Crippen molar-refractivity contribution in [2.75, 3.05) is 13.2 Å². The Kier molecular flexibility index (Phi) is 2.93. The molecule has 0 aromatic heterocycles. The van der Waals surface area contributed by atoms with Crippen LogP contribution in [-0.2, 0) is 14.3 Å². The normalized spacial score (nSPS) is 26.4. The van der Waals surface area contributed by atoms with Gasteiger partial charge in [0, 0.05) is 13.0 Å². The van der Waals surface area contributed by atoms with Gasteiger partial charge in [-0.1, -0.05) is 12.7 Å². The van der Waals surface area contributed by atoms with E-state index in [9.17, 15) is 14.0 Å². The molecule has 0 aromatic rings. The Balaban J connectivity index is 2.70. The zero-order valence-corrected chi connectivity index (χ0v) is 7.96. The molecular weight excluding hydrogens is 188 g/mol. The first kappa shape index (κ1) is 10.8. The molecule has 0 N–H and O–H groups in total. The van der Waals surface area contributed by atoms with E-state index in [1.807, 2.05) is 0 Å². The molecule has 1 fully saturated rings. The number of carbonyl (C=O) groups excluding carboxylic acids is 2. The number of amides is 1. The summed E-state index contributed by atoms with van der Waals surface area (Å²) in [6.07, 6.45) is 1.18. The maximum absolute atomic E-state index is 13.8. The first-order chi connectivity index (χ1) is 6.52. The van der Waals surface area contributed by atoms with Gasteiger partial charge in [-0.3, -0.25) is 4.79 Å². The Morgan fingerprint density at radius 3 is 2.93 bits per heavy atom. The molecule has 6 heteroatoms. The number of carbonyl (C=O) groups is 2. The maximum Gasteiger partial charge on any atom is 0.354 e. The lowest BCUT2D eigenvalue weighted by atomic mass is 10.1. The van der Waals surface area contributed by atoms with Crippen molar-refractivity contribution < 1.29 is 18.7 Å². The van der Waals surface area contributed by atoms with E-state index in [1.165, 1.54) is 18.9 Å². The van der Waals surface area contributed by atoms with Crippen molar-refractivity contribution in [1.82, 2.24) is 4.81 Å². The zero-order chi connectivity index (χ0) is 10.8. The Morgan fingerprint density at radius 1 is 1.86 bits per heavy atom. The lowest BCUT2D eigenvalue weighted by Gasteiger charge is -2.15. The fourth-order valence-electron chi connectivity index (χ4n) is 1.27. The number of rotatable bonds is 3. The molecule has 0 aliphatic carbocycles. The second kappa shape index (κ2) is 3.81. The lowest BCUT2D eigenvalue weighted by Crippen LogP contribution is -2.43. The third-order valence-corrected chi connectivity index (χ3v) is 2.13. The van der Waals surface area contributed by atoms with Crippen LogP contribution in [-0.4, -0.2) is 43.5 Å². The highest BCUT2D eigenvalue weighted by molar-refractivity contribution is 6.21. The molecule has 0 aromatic carbocycles. The highest BCUT2D eigenvalue weighted by atomic mass is 19.1. The van der Waals surface area contributed by atoms with Gasteiger partial charge in [-0.15, -0.1) is 0 Å². The summed E-state index contributed by atoms with van der Waals surface area (Å²) in [4.78, 5) is 23.6. The molecular formula is C8H11BFNO3. The van der Waals surface area contributed by atoms with Crippen LogP contribution in [0, 0.1) is 0 Å². The summed E-state index contributed by atoms with van der Waals surface area (Å²) < 4.78 is 18.3. The smallest absolute Gasteiger partial charge is 0.354 e. The number of hydrogen-bond donors (Lipinski definition) is 0. The van der Waals surface area contributed by atoms with E-state index in [0.717, 1.165) is 0 Å². The molecule has 0 spiro atoms. The average molecular weight is 199 g/mol. The standard InChI is InChI=1S/C8H11BFNO3/c1-2-5-14-7(13)8(10)3-4-11(9)6(8)12/h2H,1,3-5,9H2. The molecule has 0 saturated carbocycles. The van der Waals surface area contributed by atoms with E-state index in [2.05, 4.69) is 11.3 Å². The van der Waals surface area contributed by atoms with Gasteiger partial charge in [-0.05, 0) is 0 Å². The zero-order valence-electron chi connectivity index (χ0n) is 7.96. The second-order valence-corrected chi connectivity index (χ2v) is 3.17. The predicted octanol–water partition coefficient (Wildman–Crippen LogP) is -0.796. The fourth-order valence-corrected chi connectivity index (χ4v) is 1.27. The van der Waals surface area contributed by atoms with Crippen molar-refractivity contribution in [2.45, 2.75) is 12.1 Å². The van der Waals surface area contributed by atoms with E-state index in [1.54, 1.807) is 0 Å². The van der Waals surface area contributed by atoms with Crippen molar-refractivity contribution in [1.29, 1.82) is 0 Å². The summed E-state index contributed by atoms with van der Waals surface area (Å²) in [5, 5.41) is 0. The molecule has 1 atom stereocenters. The predicted molar refractivity (Wildman–Crippen MR) is 49.9 cm³/mol. The maximum atomic E-state index is 13.8. The third kappa shape index (κ3) is 1.64. The summed E-state index contributed by atoms with van der Waals surface area (Å²) in [7, 11) is 1.45. The quantitative estimate of drug-likeness (QED) is 0.259. The molecule has 1 amide bonds. The molecule has 1 aliphatic rings. The molecule has 76 valence electrons. The minimum atomic E-state index is -2.49. The van der Waals surface area contributed by atoms with Gasteiger partial charge in [0.1, 0.15) is 6.61 Å². The third-order valence-electron chi connectivity index (χ3n) is 2.13.